The van der Waals surface area contributed by atoms with E-state index in [0.29, 0.717) is 6.54 Å². The molecule has 3 nitrogen and oxygen atoms in total. The van der Waals surface area contributed by atoms with E-state index < -0.39 is 0 Å². The van der Waals surface area contributed by atoms with Crippen molar-refractivity contribution in [2.45, 2.75) is 12.8 Å². The summed E-state index contributed by atoms with van der Waals surface area (Å²) < 4.78 is 0. The van der Waals surface area contributed by atoms with Gasteiger partial charge in [0.15, 0.2) is 0 Å². The second-order valence-corrected chi connectivity index (χ2v) is 4.25. The summed E-state index contributed by atoms with van der Waals surface area (Å²) >= 11 is 5.83. The molecule has 0 aliphatic rings. The normalized spacial score (nSPS) is 10.5. The molecule has 2 aromatic rings. The van der Waals surface area contributed by atoms with Crippen molar-refractivity contribution in [3.05, 3.63) is 47.1 Å². The summed E-state index contributed by atoms with van der Waals surface area (Å²) in [5, 5.41) is 9.10. The molecule has 1 aromatic carbocycles. The first-order chi connectivity index (χ1) is 8.29. The lowest BCUT2D eigenvalue weighted by atomic mass is 10.1. The predicted molar refractivity (Wildman–Crippen MR) is 69.9 cm³/mol. The molecule has 0 aliphatic carbocycles. The zero-order valence-corrected chi connectivity index (χ0v) is 10.2. The van der Waals surface area contributed by atoms with Crippen molar-refractivity contribution in [2.75, 3.05) is 6.54 Å². The fourth-order valence-electron chi connectivity index (χ4n) is 1.55. The number of hydrogen-bond donors (Lipinski definition) is 1. The molecule has 0 amide bonds. The first-order valence-corrected chi connectivity index (χ1v) is 5.96. The molecule has 0 fully saturated rings. The Balaban J connectivity index is 2.14. The van der Waals surface area contributed by atoms with Gasteiger partial charge in [0.1, 0.15) is 0 Å². The standard InChI is InChI=1S/C13H14ClN3/c14-11-5-3-10(4-6-11)13-8-7-12(16-17-13)2-1-9-15/h3-8H,1-2,9,15H2. The molecule has 17 heavy (non-hydrogen) atoms. The maximum atomic E-state index is 5.83. The van der Waals surface area contributed by atoms with E-state index in [-0.39, 0.29) is 0 Å². The Bertz CT molecular complexity index is 465. The van der Waals surface area contributed by atoms with Gasteiger partial charge in [-0.1, -0.05) is 23.7 Å². The minimum absolute atomic E-state index is 0.681. The van der Waals surface area contributed by atoms with Crippen molar-refractivity contribution in [3.63, 3.8) is 0 Å². The third kappa shape index (κ3) is 3.25. The van der Waals surface area contributed by atoms with E-state index in [1.54, 1.807) is 0 Å². The van der Waals surface area contributed by atoms with Crippen LogP contribution in [0.3, 0.4) is 0 Å². The molecule has 88 valence electrons. The van der Waals surface area contributed by atoms with Crippen molar-refractivity contribution in [2.24, 2.45) is 5.73 Å². The van der Waals surface area contributed by atoms with Gasteiger partial charge in [-0.2, -0.15) is 10.2 Å². The van der Waals surface area contributed by atoms with Crippen LogP contribution in [0.15, 0.2) is 36.4 Å². The van der Waals surface area contributed by atoms with Gasteiger partial charge in [0, 0.05) is 10.6 Å². The van der Waals surface area contributed by atoms with Gasteiger partial charge >= 0.3 is 0 Å². The molecule has 0 bridgehead atoms. The Morgan fingerprint density at radius 2 is 1.76 bits per heavy atom. The Morgan fingerprint density at radius 3 is 2.35 bits per heavy atom. The third-order valence-corrected chi connectivity index (χ3v) is 2.75. The molecule has 1 heterocycles. The Morgan fingerprint density at radius 1 is 1.00 bits per heavy atom. The van der Waals surface area contributed by atoms with E-state index in [0.717, 1.165) is 34.8 Å². The minimum Gasteiger partial charge on any atom is -0.330 e. The number of aryl methyl sites for hydroxylation is 1. The molecule has 0 unspecified atom stereocenters. The highest BCUT2D eigenvalue weighted by Gasteiger charge is 2.01. The van der Waals surface area contributed by atoms with Crippen LogP contribution in [0.1, 0.15) is 12.1 Å². The third-order valence-electron chi connectivity index (χ3n) is 2.50. The van der Waals surface area contributed by atoms with Crippen LogP contribution in [0.4, 0.5) is 0 Å². The number of aromatic nitrogens is 2. The monoisotopic (exact) mass is 247 g/mol. The van der Waals surface area contributed by atoms with Gasteiger partial charge < -0.3 is 5.73 Å². The molecular formula is C13H14ClN3. The molecule has 2 N–H and O–H groups in total. The Kier molecular flexibility index (Phi) is 4.07. The Labute approximate surface area is 106 Å². The molecule has 0 aliphatic heterocycles. The van der Waals surface area contributed by atoms with Crippen LogP contribution in [0.5, 0.6) is 0 Å². The molecule has 0 saturated heterocycles. The summed E-state index contributed by atoms with van der Waals surface area (Å²) in [6, 6.07) is 11.5. The summed E-state index contributed by atoms with van der Waals surface area (Å²) in [5.74, 6) is 0. The van der Waals surface area contributed by atoms with Crippen LogP contribution in [0, 0.1) is 0 Å². The number of rotatable bonds is 4. The van der Waals surface area contributed by atoms with Crippen LogP contribution in [-0.4, -0.2) is 16.7 Å². The highest BCUT2D eigenvalue weighted by atomic mass is 35.5. The second kappa shape index (κ2) is 5.75. The van der Waals surface area contributed by atoms with Gasteiger partial charge in [-0.3, -0.25) is 0 Å². The van der Waals surface area contributed by atoms with Gasteiger partial charge in [-0.15, -0.1) is 0 Å². The maximum Gasteiger partial charge on any atom is 0.0929 e. The second-order valence-electron chi connectivity index (χ2n) is 3.81. The number of halogens is 1. The molecular weight excluding hydrogens is 234 g/mol. The fraction of sp³-hybridized carbons (Fsp3) is 0.231. The lowest BCUT2D eigenvalue weighted by Crippen LogP contribution is -2.02. The SMILES string of the molecule is NCCCc1ccc(-c2ccc(Cl)cc2)nn1. The van der Waals surface area contributed by atoms with Gasteiger partial charge in [-0.25, -0.2) is 0 Å². The molecule has 4 heteroatoms. The van der Waals surface area contributed by atoms with Crippen molar-refractivity contribution < 1.29 is 0 Å². The lowest BCUT2D eigenvalue weighted by molar-refractivity contribution is 0.789. The molecule has 0 radical (unpaired) electrons. The fourth-order valence-corrected chi connectivity index (χ4v) is 1.68. The van der Waals surface area contributed by atoms with E-state index in [4.69, 9.17) is 17.3 Å². The maximum absolute atomic E-state index is 5.83. The minimum atomic E-state index is 0.681. The topological polar surface area (TPSA) is 51.8 Å². The summed E-state index contributed by atoms with van der Waals surface area (Å²) in [6.07, 6.45) is 1.82. The summed E-state index contributed by atoms with van der Waals surface area (Å²) in [7, 11) is 0. The van der Waals surface area contributed by atoms with Crippen LogP contribution in [-0.2, 0) is 6.42 Å². The average Bonchev–Trinajstić information content (AvgIpc) is 2.38. The average molecular weight is 248 g/mol. The van der Waals surface area contributed by atoms with Gasteiger partial charge in [0.2, 0.25) is 0 Å². The van der Waals surface area contributed by atoms with E-state index in [9.17, 15) is 0 Å². The molecule has 0 atom stereocenters. The highest BCUT2D eigenvalue weighted by Crippen LogP contribution is 2.18. The van der Waals surface area contributed by atoms with Gasteiger partial charge in [0.25, 0.3) is 0 Å². The summed E-state index contributed by atoms with van der Waals surface area (Å²) in [5.41, 5.74) is 8.31. The van der Waals surface area contributed by atoms with Crippen molar-refractivity contribution in [1.29, 1.82) is 0 Å². The smallest absolute Gasteiger partial charge is 0.0929 e. The Hall–Kier alpha value is -1.45. The van der Waals surface area contributed by atoms with Crippen molar-refractivity contribution in [3.8, 4) is 11.3 Å². The number of nitrogens with two attached hydrogens (primary N) is 1. The highest BCUT2D eigenvalue weighted by molar-refractivity contribution is 6.30. The number of nitrogens with zero attached hydrogens (tertiary/aromatic N) is 2. The van der Waals surface area contributed by atoms with Crippen LogP contribution in [0.25, 0.3) is 11.3 Å². The van der Waals surface area contributed by atoms with Gasteiger partial charge in [-0.05, 0) is 43.7 Å². The molecule has 1 aromatic heterocycles. The van der Waals surface area contributed by atoms with Gasteiger partial charge in [0.05, 0.1) is 11.4 Å². The van der Waals surface area contributed by atoms with Crippen LogP contribution >= 0.6 is 11.6 Å². The zero-order valence-electron chi connectivity index (χ0n) is 9.44. The van der Waals surface area contributed by atoms with Crippen molar-refractivity contribution >= 4 is 11.6 Å². The number of hydrogen-bond acceptors (Lipinski definition) is 3. The molecule has 2 rings (SSSR count). The van der Waals surface area contributed by atoms with Crippen LogP contribution in [0.2, 0.25) is 5.02 Å². The zero-order chi connectivity index (χ0) is 12.1. The van der Waals surface area contributed by atoms with E-state index in [2.05, 4.69) is 10.2 Å². The predicted octanol–water partition coefficient (Wildman–Crippen LogP) is 2.69. The first-order valence-electron chi connectivity index (χ1n) is 5.58. The summed E-state index contributed by atoms with van der Waals surface area (Å²) in [4.78, 5) is 0. The van der Waals surface area contributed by atoms with E-state index in [1.165, 1.54) is 0 Å². The molecule has 0 saturated carbocycles. The quantitative estimate of drug-likeness (QED) is 0.904. The largest absolute Gasteiger partial charge is 0.330 e. The van der Waals surface area contributed by atoms with E-state index >= 15 is 0 Å². The lowest BCUT2D eigenvalue weighted by Gasteiger charge is -2.02. The van der Waals surface area contributed by atoms with Crippen LogP contribution < -0.4 is 5.73 Å². The summed E-state index contributed by atoms with van der Waals surface area (Å²) in [6.45, 7) is 0.681. The first kappa shape index (κ1) is 12.0. The van der Waals surface area contributed by atoms with Crippen molar-refractivity contribution in [1.82, 2.24) is 10.2 Å². The van der Waals surface area contributed by atoms with E-state index in [1.807, 2.05) is 36.4 Å². The number of benzene rings is 1. The molecule has 0 spiro atoms.